The van der Waals surface area contributed by atoms with Crippen LogP contribution in [0.1, 0.15) is 23.6 Å². The number of ether oxygens (including phenoxy) is 1. The van der Waals surface area contributed by atoms with Gasteiger partial charge in [0.15, 0.2) is 0 Å². The third-order valence-corrected chi connectivity index (χ3v) is 3.31. The first-order valence-electron chi connectivity index (χ1n) is 5.72. The minimum atomic E-state index is -0.723. The highest BCUT2D eigenvalue weighted by atomic mass is 16.5. The van der Waals surface area contributed by atoms with Gasteiger partial charge in [-0.1, -0.05) is 12.1 Å². The number of aliphatic carboxylic acids is 1. The molecular formula is C13H17NO3. The van der Waals surface area contributed by atoms with Crippen LogP contribution in [0.2, 0.25) is 0 Å². The van der Waals surface area contributed by atoms with Crippen LogP contribution in [-0.2, 0) is 4.79 Å². The summed E-state index contributed by atoms with van der Waals surface area (Å²) in [7, 11) is 1.65. The van der Waals surface area contributed by atoms with Gasteiger partial charge in [0.05, 0.1) is 13.0 Å². The molecule has 0 spiro atoms. The van der Waals surface area contributed by atoms with Gasteiger partial charge in [0.2, 0.25) is 0 Å². The number of benzene rings is 1. The van der Waals surface area contributed by atoms with Gasteiger partial charge >= 0.3 is 5.97 Å². The van der Waals surface area contributed by atoms with Crippen LogP contribution in [0.5, 0.6) is 5.75 Å². The molecule has 4 nitrogen and oxygen atoms in total. The molecule has 2 unspecified atom stereocenters. The molecule has 0 saturated carbocycles. The zero-order valence-electron chi connectivity index (χ0n) is 10.1. The van der Waals surface area contributed by atoms with Gasteiger partial charge in [0.1, 0.15) is 5.75 Å². The Hall–Kier alpha value is -1.55. The Morgan fingerprint density at radius 2 is 2.29 bits per heavy atom. The van der Waals surface area contributed by atoms with Crippen molar-refractivity contribution in [3.63, 3.8) is 0 Å². The van der Waals surface area contributed by atoms with Crippen molar-refractivity contribution in [3.05, 3.63) is 29.3 Å². The molecule has 1 saturated heterocycles. The summed E-state index contributed by atoms with van der Waals surface area (Å²) in [5, 5.41) is 12.2. The van der Waals surface area contributed by atoms with E-state index < -0.39 is 5.97 Å². The van der Waals surface area contributed by atoms with Crippen LogP contribution in [0.4, 0.5) is 0 Å². The Labute approximate surface area is 101 Å². The molecule has 1 aliphatic rings. The molecule has 0 radical (unpaired) electrons. The second-order valence-electron chi connectivity index (χ2n) is 4.46. The molecule has 1 fully saturated rings. The summed E-state index contributed by atoms with van der Waals surface area (Å²) in [6.45, 7) is 2.53. The van der Waals surface area contributed by atoms with E-state index in [2.05, 4.69) is 5.32 Å². The topological polar surface area (TPSA) is 58.6 Å². The molecule has 2 rings (SSSR count). The zero-order chi connectivity index (χ0) is 12.4. The first-order chi connectivity index (χ1) is 8.11. The van der Waals surface area contributed by atoms with Crippen molar-refractivity contribution in [2.75, 3.05) is 13.7 Å². The molecular weight excluding hydrogens is 218 g/mol. The van der Waals surface area contributed by atoms with Crippen LogP contribution in [0, 0.1) is 12.8 Å². The van der Waals surface area contributed by atoms with Crippen molar-refractivity contribution in [1.29, 1.82) is 0 Å². The van der Waals surface area contributed by atoms with Crippen molar-refractivity contribution < 1.29 is 14.6 Å². The van der Waals surface area contributed by atoms with E-state index >= 15 is 0 Å². The van der Waals surface area contributed by atoms with Crippen molar-refractivity contribution >= 4 is 5.97 Å². The minimum absolute atomic E-state index is 0.116. The third kappa shape index (κ3) is 2.42. The predicted octanol–water partition coefficient (Wildman–Crippen LogP) is 1.74. The number of aryl methyl sites for hydroxylation is 1. The standard InChI is InChI=1S/C13H17NO3/c1-8-3-4-9(6-12(8)17-2)11-5-10(7-14-11)13(15)16/h3-4,6,10-11,14H,5,7H2,1-2H3,(H,15,16). The first-order valence-corrected chi connectivity index (χ1v) is 5.72. The van der Waals surface area contributed by atoms with Gasteiger partial charge in [0.25, 0.3) is 0 Å². The number of hydrogen-bond acceptors (Lipinski definition) is 3. The Bertz CT molecular complexity index is 431. The van der Waals surface area contributed by atoms with E-state index in [9.17, 15) is 4.79 Å². The SMILES string of the molecule is COc1cc(C2CC(C(=O)O)CN2)ccc1C. The smallest absolute Gasteiger partial charge is 0.307 e. The highest BCUT2D eigenvalue weighted by molar-refractivity contribution is 5.70. The van der Waals surface area contributed by atoms with Crippen LogP contribution in [0.3, 0.4) is 0 Å². The fourth-order valence-electron chi connectivity index (χ4n) is 2.23. The fraction of sp³-hybridized carbons (Fsp3) is 0.462. The molecule has 92 valence electrons. The summed E-state index contributed by atoms with van der Waals surface area (Å²) in [6.07, 6.45) is 0.640. The molecule has 0 amide bonds. The Kier molecular flexibility index (Phi) is 3.33. The number of nitrogens with one attached hydrogen (secondary N) is 1. The van der Waals surface area contributed by atoms with Crippen molar-refractivity contribution in [1.82, 2.24) is 5.32 Å². The van der Waals surface area contributed by atoms with Crippen LogP contribution >= 0.6 is 0 Å². The molecule has 1 heterocycles. The van der Waals surface area contributed by atoms with Crippen molar-refractivity contribution in [2.45, 2.75) is 19.4 Å². The molecule has 0 aromatic heterocycles. The highest BCUT2D eigenvalue weighted by Crippen LogP contribution is 2.30. The number of hydrogen-bond donors (Lipinski definition) is 2. The van der Waals surface area contributed by atoms with Gasteiger partial charge in [-0.2, -0.15) is 0 Å². The normalized spacial score (nSPS) is 23.6. The van der Waals surface area contributed by atoms with Gasteiger partial charge in [-0.3, -0.25) is 4.79 Å². The number of carbonyl (C=O) groups is 1. The average Bonchev–Trinajstić information content (AvgIpc) is 2.79. The number of methoxy groups -OCH3 is 1. The van der Waals surface area contributed by atoms with E-state index in [1.54, 1.807) is 7.11 Å². The zero-order valence-corrected chi connectivity index (χ0v) is 10.1. The predicted molar refractivity (Wildman–Crippen MR) is 64.2 cm³/mol. The lowest BCUT2D eigenvalue weighted by Gasteiger charge is -2.13. The van der Waals surface area contributed by atoms with Crippen molar-refractivity contribution in [3.8, 4) is 5.75 Å². The van der Waals surface area contributed by atoms with E-state index in [4.69, 9.17) is 9.84 Å². The summed E-state index contributed by atoms with van der Waals surface area (Å²) in [5.74, 6) is -0.158. The van der Waals surface area contributed by atoms with Gasteiger partial charge in [-0.15, -0.1) is 0 Å². The summed E-state index contributed by atoms with van der Waals surface area (Å²) < 4.78 is 5.28. The van der Waals surface area contributed by atoms with E-state index in [0.717, 1.165) is 16.9 Å². The minimum Gasteiger partial charge on any atom is -0.496 e. The lowest BCUT2D eigenvalue weighted by molar-refractivity contribution is -0.141. The quantitative estimate of drug-likeness (QED) is 0.837. The maximum Gasteiger partial charge on any atom is 0.307 e. The van der Waals surface area contributed by atoms with Gasteiger partial charge in [0, 0.05) is 12.6 Å². The van der Waals surface area contributed by atoms with Gasteiger partial charge < -0.3 is 15.2 Å². The molecule has 17 heavy (non-hydrogen) atoms. The summed E-state index contributed by atoms with van der Waals surface area (Å²) in [5.41, 5.74) is 2.18. The lowest BCUT2D eigenvalue weighted by Crippen LogP contribution is -2.17. The summed E-state index contributed by atoms with van der Waals surface area (Å²) >= 11 is 0. The van der Waals surface area contributed by atoms with E-state index in [0.29, 0.717) is 13.0 Å². The lowest BCUT2D eigenvalue weighted by atomic mass is 9.99. The van der Waals surface area contributed by atoms with E-state index in [1.165, 1.54) is 0 Å². The molecule has 1 aromatic carbocycles. The number of rotatable bonds is 3. The second kappa shape index (κ2) is 4.75. The van der Waals surface area contributed by atoms with Gasteiger partial charge in [-0.25, -0.2) is 0 Å². The fourth-order valence-corrected chi connectivity index (χ4v) is 2.23. The Balaban J connectivity index is 2.16. The van der Waals surface area contributed by atoms with Crippen molar-refractivity contribution in [2.24, 2.45) is 5.92 Å². The van der Waals surface area contributed by atoms with Crippen LogP contribution in [-0.4, -0.2) is 24.7 Å². The average molecular weight is 235 g/mol. The molecule has 2 atom stereocenters. The highest BCUT2D eigenvalue weighted by Gasteiger charge is 2.30. The first kappa shape index (κ1) is 11.9. The van der Waals surface area contributed by atoms with Crippen LogP contribution < -0.4 is 10.1 Å². The van der Waals surface area contributed by atoms with Crippen LogP contribution in [0.15, 0.2) is 18.2 Å². The molecule has 2 N–H and O–H groups in total. The molecule has 1 aromatic rings. The number of carboxylic acids is 1. The molecule has 0 aliphatic carbocycles. The van der Waals surface area contributed by atoms with Crippen LogP contribution in [0.25, 0.3) is 0 Å². The van der Waals surface area contributed by atoms with E-state index in [-0.39, 0.29) is 12.0 Å². The second-order valence-corrected chi connectivity index (χ2v) is 4.46. The largest absolute Gasteiger partial charge is 0.496 e. The molecule has 1 aliphatic heterocycles. The third-order valence-electron chi connectivity index (χ3n) is 3.31. The summed E-state index contributed by atoms with van der Waals surface area (Å²) in [4.78, 5) is 10.9. The maximum atomic E-state index is 10.9. The summed E-state index contributed by atoms with van der Waals surface area (Å²) in [6, 6.07) is 6.13. The van der Waals surface area contributed by atoms with E-state index in [1.807, 2.05) is 25.1 Å². The van der Waals surface area contributed by atoms with Gasteiger partial charge in [-0.05, 0) is 30.5 Å². The Morgan fingerprint density at radius 1 is 1.53 bits per heavy atom. The number of carboxylic acid groups (broad SMARTS) is 1. The monoisotopic (exact) mass is 235 g/mol. The molecule has 0 bridgehead atoms. The maximum absolute atomic E-state index is 10.9. The Morgan fingerprint density at radius 3 is 2.88 bits per heavy atom. The molecule has 4 heteroatoms.